The van der Waals surface area contributed by atoms with Gasteiger partial charge in [-0.05, 0) is 19.9 Å². The number of nitrogens with zero attached hydrogens (tertiary/aromatic N) is 3. The Morgan fingerprint density at radius 3 is 2.95 bits per heavy atom. The highest BCUT2D eigenvalue weighted by molar-refractivity contribution is 4.64. The number of hydrogen-bond acceptors (Lipinski definition) is 6. The summed E-state index contributed by atoms with van der Waals surface area (Å²) >= 11 is 0. The van der Waals surface area contributed by atoms with Crippen molar-refractivity contribution in [1.29, 1.82) is 0 Å². The number of aryl methyl sites for hydroxylation is 1. The second-order valence-electron chi connectivity index (χ2n) is 4.48. The molecule has 1 aromatic heterocycles. The van der Waals surface area contributed by atoms with E-state index in [1.54, 1.807) is 18.0 Å². The molecule has 110 valence electrons. The van der Waals surface area contributed by atoms with Crippen molar-refractivity contribution in [2.45, 2.75) is 32.1 Å². The normalized spacial score (nSPS) is 14.5. The van der Waals surface area contributed by atoms with Crippen molar-refractivity contribution in [3.8, 4) is 0 Å². The van der Waals surface area contributed by atoms with E-state index >= 15 is 0 Å². The van der Waals surface area contributed by atoms with Gasteiger partial charge >= 0.3 is 0 Å². The quantitative estimate of drug-likeness (QED) is 0.537. The average Bonchev–Trinajstić information content (AvgIpc) is 2.89. The summed E-state index contributed by atoms with van der Waals surface area (Å²) in [5.41, 5.74) is 0. The van der Waals surface area contributed by atoms with Crippen molar-refractivity contribution in [1.82, 2.24) is 20.3 Å². The van der Waals surface area contributed by atoms with Crippen molar-refractivity contribution in [3.05, 3.63) is 12.4 Å². The van der Waals surface area contributed by atoms with Gasteiger partial charge in [0.25, 0.3) is 0 Å². The summed E-state index contributed by atoms with van der Waals surface area (Å²) < 4.78 is 12.2. The number of hydrogen-bond donors (Lipinski definition) is 2. The summed E-state index contributed by atoms with van der Waals surface area (Å²) in [6, 6.07) is 0. The van der Waals surface area contributed by atoms with Crippen molar-refractivity contribution in [2.75, 3.05) is 33.4 Å². The molecule has 7 nitrogen and oxygen atoms in total. The van der Waals surface area contributed by atoms with E-state index in [2.05, 4.69) is 15.6 Å². The summed E-state index contributed by atoms with van der Waals surface area (Å²) in [7, 11) is 1.63. The number of aliphatic hydroxyl groups is 1. The maximum Gasteiger partial charge on any atom is 0.0897 e. The molecule has 0 saturated heterocycles. The van der Waals surface area contributed by atoms with Crippen LogP contribution >= 0.6 is 0 Å². The lowest BCUT2D eigenvalue weighted by Crippen LogP contribution is -2.33. The van der Waals surface area contributed by atoms with Gasteiger partial charge in [0.05, 0.1) is 31.6 Å². The first kappa shape index (κ1) is 16.0. The van der Waals surface area contributed by atoms with Gasteiger partial charge < -0.3 is 19.9 Å². The van der Waals surface area contributed by atoms with Gasteiger partial charge in [-0.3, -0.25) is 4.68 Å². The first-order valence-corrected chi connectivity index (χ1v) is 6.55. The van der Waals surface area contributed by atoms with Gasteiger partial charge in [0.1, 0.15) is 0 Å². The van der Waals surface area contributed by atoms with Crippen molar-refractivity contribution < 1.29 is 14.6 Å². The van der Waals surface area contributed by atoms with Gasteiger partial charge in [-0.2, -0.15) is 0 Å². The Morgan fingerprint density at radius 1 is 1.42 bits per heavy atom. The van der Waals surface area contributed by atoms with E-state index in [-0.39, 0.29) is 6.10 Å². The monoisotopic (exact) mass is 272 g/mol. The zero-order valence-corrected chi connectivity index (χ0v) is 11.7. The maximum atomic E-state index is 9.69. The van der Waals surface area contributed by atoms with E-state index in [1.165, 1.54) is 0 Å². The summed E-state index contributed by atoms with van der Waals surface area (Å²) in [6.45, 7) is 4.95. The SMILES string of the molecule is COCC(C)OCC(O)CNCCCn1ccnn1. The van der Waals surface area contributed by atoms with Crippen LogP contribution in [0.25, 0.3) is 0 Å². The topological polar surface area (TPSA) is 81.4 Å². The third-order valence-corrected chi connectivity index (χ3v) is 2.57. The van der Waals surface area contributed by atoms with Gasteiger partial charge in [-0.25, -0.2) is 0 Å². The van der Waals surface area contributed by atoms with Gasteiger partial charge in [0.15, 0.2) is 0 Å². The molecule has 0 amide bonds. The molecule has 0 radical (unpaired) electrons. The largest absolute Gasteiger partial charge is 0.389 e. The van der Waals surface area contributed by atoms with Crippen LogP contribution < -0.4 is 5.32 Å². The zero-order chi connectivity index (χ0) is 13.9. The third-order valence-electron chi connectivity index (χ3n) is 2.57. The molecular weight excluding hydrogens is 248 g/mol. The predicted molar refractivity (Wildman–Crippen MR) is 70.8 cm³/mol. The molecule has 0 fully saturated rings. The second-order valence-corrected chi connectivity index (χ2v) is 4.48. The van der Waals surface area contributed by atoms with E-state index in [9.17, 15) is 5.11 Å². The van der Waals surface area contributed by atoms with Crippen molar-refractivity contribution in [3.63, 3.8) is 0 Å². The Kier molecular flexibility index (Phi) is 8.31. The molecule has 0 saturated carbocycles. The minimum Gasteiger partial charge on any atom is -0.389 e. The highest BCUT2D eigenvalue weighted by Crippen LogP contribution is 1.93. The van der Waals surface area contributed by atoms with E-state index in [1.807, 2.05) is 13.1 Å². The highest BCUT2D eigenvalue weighted by atomic mass is 16.5. The standard InChI is InChI=1S/C12H24N4O3/c1-11(9-18-2)19-10-12(17)8-13-4-3-6-16-7-5-14-15-16/h5,7,11-13,17H,3-4,6,8-10H2,1-2H3. The lowest BCUT2D eigenvalue weighted by molar-refractivity contribution is -0.0310. The summed E-state index contributed by atoms with van der Waals surface area (Å²) in [6.07, 6.45) is 3.95. The summed E-state index contributed by atoms with van der Waals surface area (Å²) in [5, 5.41) is 20.5. The lowest BCUT2D eigenvalue weighted by Gasteiger charge is -2.16. The van der Waals surface area contributed by atoms with Crippen LogP contribution in [0.3, 0.4) is 0 Å². The van der Waals surface area contributed by atoms with Crippen LogP contribution in [0.2, 0.25) is 0 Å². The molecule has 19 heavy (non-hydrogen) atoms. The molecule has 0 aliphatic heterocycles. The number of ether oxygens (including phenoxy) is 2. The van der Waals surface area contributed by atoms with Crippen LogP contribution in [0.4, 0.5) is 0 Å². The van der Waals surface area contributed by atoms with Gasteiger partial charge in [0, 0.05) is 26.4 Å². The van der Waals surface area contributed by atoms with Crippen molar-refractivity contribution in [2.24, 2.45) is 0 Å². The Hall–Kier alpha value is -1.02. The van der Waals surface area contributed by atoms with Crippen molar-refractivity contribution >= 4 is 0 Å². The lowest BCUT2D eigenvalue weighted by atomic mass is 10.3. The minimum atomic E-state index is -0.495. The van der Waals surface area contributed by atoms with E-state index in [0.29, 0.717) is 19.8 Å². The summed E-state index contributed by atoms with van der Waals surface area (Å²) in [5.74, 6) is 0. The number of aliphatic hydroxyl groups excluding tert-OH is 1. The van der Waals surface area contributed by atoms with Crippen LogP contribution in [0.5, 0.6) is 0 Å². The molecule has 0 aromatic carbocycles. The smallest absolute Gasteiger partial charge is 0.0897 e. The Labute approximate surface area is 113 Å². The van der Waals surface area contributed by atoms with Crippen LogP contribution in [0.1, 0.15) is 13.3 Å². The number of aromatic nitrogens is 3. The molecule has 0 aliphatic carbocycles. The fourth-order valence-electron chi connectivity index (χ4n) is 1.60. The number of methoxy groups -OCH3 is 1. The molecule has 1 heterocycles. The van der Waals surface area contributed by atoms with Gasteiger partial charge in [0.2, 0.25) is 0 Å². The average molecular weight is 272 g/mol. The number of rotatable bonds is 11. The van der Waals surface area contributed by atoms with Crippen LogP contribution in [-0.4, -0.2) is 65.7 Å². The molecule has 2 unspecified atom stereocenters. The first-order chi connectivity index (χ1) is 9.22. The second kappa shape index (κ2) is 9.85. The predicted octanol–water partition coefficient (Wildman–Crippen LogP) is -0.330. The molecule has 2 N–H and O–H groups in total. The Morgan fingerprint density at radius 2 is 2.26 bits per heavy atom. The molecule has 0 bridgehead atoms. The number of nitrogens with one attached hydrogen (secondary N) is 1. The fourth-order valence-corrected chi connectivity index (χ4v) is 1.60. The van der Waals surface area contributed by atoms with Crippen LogP contribution in [0, 0.1) is 0 Å². The molecule has 1 rings (SSSR count). The fraction of sp³-hybridized carbons (Fsp3) is 0.833. The molecule has 7 heteroatoms. The summed E-state index contributed by atoms with van der Waals surface area (Å²) in [4.78, 5) is 0. The Balaban J connectivity index is 1.93. The molecular formula is C12H24N4O3. The minimum absolute atomic E-state index is 0.00645. The van der Waals surface area contributed by atoms with Crippen LogP contribution in [-0.2, 0) is 16.0 Å². The van der Waals surface area contributed by atoms with Crippen LogP contribution in [0.15, 0.2) is 12.4 Å². The molecule has 0 aliphatic rings. The Bertz CT molecular complexity index is 308. The zero-order valence-electron chi connectivity index (χ0n) is 11.7. The van der Waals surface area contributed by atoms with Gasteiger partial charge in [-0.15, -0.1) is 5.10 Å². The van der Waals surface area contributed by atoms with E-state index < -0.39 is 6.10 Å². The highest BCUT2D eigenvalue weighted by Gasteiger charge is 2.07. The molecule has 1 aromatic rings. The first-order valence-electron chi connectivity index (χ1n) is 6.55. The third kappa shape index (κ3) is 7.89. The van der Waals surface area contributed by atoms with E-state index in [4.69, 9.17) is 9.47 Å². The van der Waals surface area contributed by atoms with Gasteiger partial charge in [-0.1, -0.05) is 5.21 Å². The van der Waals surface area contributed by atoms with E-state index in [0.717, 1.165) is 19.5 Å². The molecule has 0 spiro atoms. The maximum absolute atomic E-state index is 9.69. The molecule has 2 atom stereocenters.